The highest BCUT2D eigenvalue weighted by molar-refractivity contribution is 5.68. The summed E-state index contributed by atoms with van der Waals surface area (Å²) in [6, 6.07) is 5.67. The predicted octanol–water partition coefficient (Wildman–Crippen LogP) is 5.01. The number of halogens is 2. The number of hydrogen-bond donors (Lipinski definition) is 2. The number of carbonyl (C=O) groups is 2. The molecule has 0 saturated heterocycles. The van der Waals surface area contributed by atoms with Gasteiger partial charge in [0.15, 0.2) is 13.2 Å². The second-order valence-corrected chi connectivity index (χ2v) is 9.64. The maximum absolute atomic E-state index is 12.3. The number of aliphatic hydroxyl groups excluding tert-OH is 1. The summed E-state index contributed by atoms with van der Waals surface area (Å²) >= 11 is 0. The third kappa shape index (κ3) is 7.78. The van der Waals surface area contributed by atoms with Gasteiger partial charge in [0, 0.05) is 0 Å². The van der Waals surface area contributed by atoms with Crippen molar-refractivity contribution in [1.29, 1.82) is 0 Å². The maximum atomic E-state index is 12.3. The van der Waals surface area contributed by atoms with Gasteiger partial charge in [-0.25, -0.2) is 18.4 Å². The number of alkyl halides is 2. The Kier molecular flexibility index (Phi) is 10.1. The molecule has 0 unspecified atom stereocenters. The molecule has 0 radical (unpaired) electrons. The van der Waals surface area contributed by atoms with E-state index in [2.05, 4.69) is 11.7 Å². The molecule has 0 heterocycles. The zero-order valence-corrected chi connectivity index (χ0v) is 20.2. The first-order chi connectivity index (χ1) is 16.8. The molecule has 1 aromatic rings. The number of fused-ring (bicyclic) bond motifs is 2. The third-order valence-corrected chi connectivity index (χ3v) is 7.24. The lowest BCUT2D eigenvalue weighted by Crippen LogP contribution is -2.29. The van der Waals surface area contributed by atoms with Crippen molar-refractivity contribution in [2.45, 2.75) is 83.3 Å². The van der Waals surface area contributed by atoms with Crippen molar-refractivity contribution in [2.75, 3.05) is 13.2 Å². The van der Waals surface area contributed by atoms with E-state index < -0.39 is 44.0 Å². The molecule has 3 rings (SSSR count). The van der Waals surface area contributed by atoms with E-state index in [1.807, 2.05) is 12.1 Å². The van der Waals surface area contributed by atoms with Crippen LogP contribution in [0.1, 0.15) is 63.0 Å². The van der Waals surface area contributed by atoms with Crippen molar-refractivity contribution in [2.24, 2.45) is 17.8 Å². The SMILES string of the molecule is CCCCC[C@@H](CC[C@@H]1[C@H]2Cc3cccc(OCC(=O)O)c3C[C@H]2C[C@H]1O)OC(=O)OCC(F)F. The van der Waals surface area contributed by atoms with Crippen molar-refractivity contribution in [3.8, 4) is 5.75 Å². The van der Waals surface area contributed by atoms with Crippen LogP contribution in [0.15, 0.2) is 18.2 Å². The minimum absolute atomic E-state index is 0.0334. The highest BCUT2D eigenvalue weighted by atomic mass is 19.3. The van der Waals surface area contributed by atoms with Gasteiger partial charge in [-0.1, -0.05) is 31.9 Å². The molecule has 2 aliphatic carbocycles. The molecule has 196 valence electrons. The Hall–Kier alpha value is -2.42. The highest BCUT2D eigenvalue weighted by Crippen LogP contribution is 2.48. The van der Waals surface area contributed by atoms with E-state index in [1.165, 1.54) is 0 Å². The summed E-state index contributed by atoms with van der Waals surface area (Å²) in [7, 11) is 0. The number of unbranched alkanes of at least 4 members (excludes halogenated alkanes) is 2. The van der Waals surface area contributed by atoms with E-state index in [0.717, 1.165) is 43.2 Å². The lowest BCUT2D eigenvalue weighted by atomic mass is 9.73. The third-order valence-electron chi connectivity index (χ3n) is 7.24. The predicted molar refractivity (Wildman–Crippen MR) is 124 cm³/mol. The van der Waals surface area contributed by atoms with Gasteiger partial charge in [0.2, 0.25) is 0 Å². The van der Waals surface area contributed by atoms with Crippen LogP contribution < -0.4 is 4.74 Å². The first kappa shape index (κ1) is 27.2. The Morgan fingerprint density at radius 3 is 2.69 bits per heavy atom. The summed E-state index contributed by atoms with van der Waals surface area (Å²) in [5.74, 6) is 0.113. The fourth-order valence-corrected chi connectivity index (χ4v) is 5.64. The molecule has 1 saturated carbocycles. The molecule has 0 amide bonds. The van der Waals surface area contributed by atoms with Crippen LogP contribution >= 0.6 is 0 Å². The van der Waals surface area contributed by atoms with Crippen molar-refractivity contribution in [1.82, 2.24) is 0 Å². The van der Waals surface area contributed by atoms with Gasteiger partial charge in [0.25, 0.3) is 6.43 Å². The number of hydrogen-bond acceptors (Lipinski definition) is 6. The van der Waals surface area contributed by atoms with E-state index in [4.69, 9.17) is 14.6 Å². The molecule has 0 aromatic heterocycles. The second kappa shape index (κ2) is 13.0. The monoisotopic (exact) mass is 498 g/mol. The largest absolute Gasteiger partial charge is 0.508 e. The van der Waals surface area contributed by atoms with E-state index in [0.29, 0.717) is 31.4 Å². The fraction of sp³-hybridized carbons (Fsp3) is 0.692. The molecule has 9 heteroatoms. The molecule has 5 atom stereocenters. The van der Waals surface area contributed by atoms with Gasteiger partial charge >= 0.3 is 12.1 Å². The first-order valence-corrected chi connectivity index (χ1v) is 12.5. The van der Waals surface area contributed by atoms with Crippen molar-refractivity contribution < 1.29 is 42.8 Å². The Morgan fingerprint density at radius 1 is 1.17 bits per heavy atom. The van der Waals surface area contributed by atoms with E-state index >= 15 is 0 Å². The zero-order chi connectivity index (χ0) is 25.4. The van der Waals surface area contributed by atoms with Crippen molar-refractivity contribution in [3.63, 3.8) is 0 Å². The van der Waals surface area contributed by atoms with Gasteiger partial charge in [-0.05, 0) is 79.9 Å². The quantitative estimate of drug-likeness (QED) is 0.291. The number of benzene rings is 1. The summed E-state index contributed by atoms with van der Waals surface area (Å²) in [4.78, 5) is 22.8. The van der Waals surface area contributed by atoms with E-state index in [9.17, 15) is 23.5 Å². The molecule has 0 spiro atoms. The molecule has 7 nitrogen and oxygen atoms in total. The second-order valence-electron chi connectivity index (χ2n) is 9.64. The van der Waals surface area contributed by atoms with Crippen molar-refractivity contribution >= 4 is 12.1 Å². The molecule has 0 bridgehead atoms. The Morgan fingerprint density at radius 2 is 1.97 bits per heavy atom. The Labute approximate surface area is 204 Å². The Bertz CT molecular complexity index is 847. The van der Waals surface area contributed by atoms with Crippen LogP contribution in [0.5, 0.6) is 5.75 Å². The molecular weight excluding hydrogens is 462 g/mol. The average molecular weight is 499 g/mol. The maximum Gasteiger partial charge on any atom is 0.508 e. The zero-order valence-electron chi connectivity index (χ0n) is 20.2. The van der Waals surface area contributed by atoms with Gasteiger partial charge in [-0.3, -0.25) is 0 Å². The molecule has 2 aliphatic rings. The van der Waals surface area contributed by atoms with Crippen LogP contribution in [0.4, 0.5) is 13.6 Å². The van der Waals surface area contributed by atoms with E-state index in [1.54, 1.807) is 6.07 Å². The van der Waals surface area contributed by atoms with Crippen molar-refractivity contribution in [3.05, 3.63) is 29.3 Å². The number of ether oxygens (including phenoxy) is 3. The molecule has 2 N–H and O–H groups in total. The standard InChI is InChI=1S/C26H36F2O7/c1-2-3-4-7-18(35-26(32)34-14-24(27)28)9-10-19-20-11-16-6-5-8-23(33-15-25(30)31)21(16)12-17(20)13-22(19)29/h5-6,8,17-20,22,24,29H,2-4,7,9-15H2,1H3,(H,30,31)/t17-,18-,19+,20-,22+/m0/s1. The minimum Gasteiger partial charge on any atom is -0.482 e. The van der Waals surface area contributed by atoms with Crippen LogP contribution in [0.2, 0.25) is 0 Å². The fourth-order valence-electron chi connectivity index (χ4n) is 5.64. The minimum atomic E-state index is -2.74. The topological polar surface area (TPSA) is 102 Å². The molecule has 1 aromatic carbocycles. The van der Waals surface area contributed by atoms with Crippen LogP contribution in [-0.4, -0.2) is 54.2 Å². The lowest BCUT2D eigenvalue weighted by Gasteiger charge is -2.32. The summed E-state index contributed by atoms with van der Waals surface area (Å²) < 4.78 is 40.0. The van der Waals surface area contributed by atoms with Gasteiger partial charge in [-0.2, -0.15) is 0 Å². The number of aliphatic carboxylic acids is 1. The number of carbonyl (C=O) groups excluding carboxylic acids is 1. The van der Waals surface area contributed by atoms with Crippen LogP contribution in [-0.2, 0) is 27.1 Å². The number of carboxylic acids is 1. The number of carboxylic acid groups (broad SMARTS) is 1. The van der Waals surface area contributed by atoms with Crippen LogP contribution in [0.3, 0.4) is 0 Å². The average Bonchev–Trinajstić information content (AvgIpc) is 3.12. The van der Waals surface area contributed by atoms with Gasteiger partial charge in [-0.15, -0.1) is 0 Å². The molecular formula is C26H36F2O7. The highest BCUT2D eigenvalue weighted by Gasteiger charge is 2.45. The lowest BCUT2D eigenvalue weighted by molar-refractivity contribution is -0.139. The summed E-state index contributed by atoms with van der Waals surface area (Å²) in [5, 5.41) is 19.8. The molecule has 0 aliphatic heterocycles. The van der Waals surface area contributed by atoms with Crippen LogP contribution in [0.25, 0.3) is 0 Å². The van der Waals surface area contributed by atoms with Gasteiger partial charge in [0.1, 0.15) is 11.9 Å². The number of aliphatic hydroxyl groups is 1. The normalized spacial score (nSPS) is 23.9. The smallest absolute Gasteiger partial charge is 0.482 e. The molecule has 1 fully saturated rings. The molecule has 35 heavy (non-hydrogen) atoms. The summed E-state index contributed by atoms with van der Waals surface area (Å²) in [5.41, 5.74) is 2.13. The van der Waals surface area contributed by atoms with Crippen LogP contribution in [0, 0.1) is 17.8 Å². The first-order valence-electron chi connectivity index (χ1n) is 12.5. The number of rotatable bonds is 13. The van der Waals surface area contributed by atoms with Gasteiger partial charge < -0.3 is 24.4 Å². The summed E-state index contributed by atoms with van der Waals surface area (Å²) in [6.07, 6.45) is 2.07. The van der Waals surface area contributed by atoms with Gasteiger partial charge in [0.05, 0.1) is 6.10 Å². The van der Waals surface area contributed by atoms with E-state index in [-0.39, 0.29) is 17.8 Å². The Balaban J connectivity index is 1.62. The summed E-state index contributed by atoms with van der Waals surface area (Å²) in [6.45, 7) is 0.693.